The number of carbonyl (C=O) groups is 1. The molecule has 3 aromatic rings. The molecule has 0 saturated carbocycles. The summed E-state index contributed by atoms with van der Waals surface area (Å²) in [6.45, 7) is 2.77. The molecule has 4 rings (SSSR count). The Kier molecular flexibility index (Phi) is 8.73. The quantitative estimate of drug-likeness (QED) is 0.299. The van der Waals surface area contributed by atoms with Gasteiger partial charge in [0, 0.05) is 34.8 Å². The van der Waals surface area contributed by atoms with Crippen molar-refractivity contribution in [1.29, 1.82) is 0 Å². The minimum atomic E-state index is -2.11. The molecular formula is C24H24Cl2FN5O3S. The number of ether oxygens (including phenoxy) is 1. The molecule has 8 nitrogen and oxygen atoms in total. The normalized spacial score (nSPS) is 15.2. The van der Waals surface area contributed by atoms with Gasteiger partial charge < -0.3 is 10.1 Å². The van der Waals surface area contributed by atoms with Crippen LogP contribution in [0, 0.1) is 5.82 Å². The van der Waals surface area contributed by atoms with Gasteiger partial charge in [-0.05, 0) is 50.2 Å². The third-order valence-electron chi connectivity index (χ3n) is 5.75. The minimum Gasteiger partial charge on any atom is -0.494 e. The highest BCUT2D eigenvalue weighted by Gasteiger charge is 2.22. The number of carbonyl (C=O) groups excluding carboxylic acids is 1. The maximum absolute atomic E-state index is 13.7. The third kappa shape index (κ3) is 6.12. The molecule has 1 fully saturated rings. The zero-order chi connectivity index (χ0) is 25.7. The number of methoxy groups -OCH3 is 1. The summed E-state index contributed by atoms with van der Waals surface area (Å²) in [6.07, 6.45) is 8.19. The zero-order valence-corrected chi connectivity index (χ0v) is 21.7. The van der Waals surface area contributed by atoms with E-state index in [1.165, 1.54) is 55.2 Å². The lowest BCUT2D eigenvalue weighted by Crippen LogP contribution is -2.29. The summed E-state index contributed by atoms with van der Waals surface area (Å²) in [4.78, 5) is 23.5. The largest absolute Gasteiger partial charge is 0.494 e. The number of rotatable bonds is 8. The second-order valence-electron chi connectivity index (χ2n) is 8.12. The van der Waals surface area contributed by atoms with Crippen LogP contribution < -0.4 is 14.4 Å². The summed E-state index contributed by atoms with van der Waals surface area (Å²) < 4.78 is 32.9. The zero-order valence-electron chi connectivity index (χ0n) is 19.4. The number of aromatic nitrogens is 2. The standard InChI is InChI=1S/C24H24Cl2FN5O3S/c1-35-22-14-20-17(13-21(22)30-23(33)6-5-11-31-9-3-2-4-10-31)24(29-15-28-20)32(36(26)34)16-7-8-19(27)18(25)12-16/h5-8,12-15H,2-4,9-11H2,1H3,(H,30,33)/b6-5+. The number of amides is 1. The molecule has 190 valence electrons. The van der Waals surface area contributed by atoms with Gasteiger partial charge in [0.25, 0.3) is 0 Å². The first-order chi connectivity index (χ1) is 17.4. The van der Waals surface area contributed by atoms with Gasteiger partial charge in [-0.3, -0.25) is 9.69 Å². The van der Waals surface area contributed by atoms with Crippen LogP contribution in [0.1, 0.15) is 19.3 Å². The average molecular weight is 552 g/mol. The molecule has 36 heavy (non-hydrogen) atoms. The van der Waals surface area contributed by atoms with E-state index in [-0.39, 0.29) is 22.4 Å². The van der Waals surface area contributed by atoms with Gasteiger partial charge in [-0.15, -0.1) is 0 Å². The Morgan fingerprint density at radius 1 is 1.25 bits per heavy atom. The topological polar surface area (TPSA) is 87.7 Å². The molecule has 0 aliphatic carbocycles. The lowest BCUT2D eigenvalue weighted by molar-refractivity contribution is -0.111. The first-order valence-electron chi connectivity index (χ1n) is 11.2. The average Bonchev–Trinajstić information content (AvgIpc) is 2.86. The number of halogens is 3. The summed E-state index contributed by atoms with van der Waals surface area (Å²) in [5.41, 5.74) is 1.08. The molecular weight excluding hydrogens is 528 g/mol. The van der Waals surface area contributed by atoms with E-state index in [0.717, 1.165) is 19.2 Å². The van der Waals surface area contributed by atoms with Gasteiger partial charge in [-0.1, -0.05) is 24.1 Å². The van der Waals surface area contributed by atoms with E-state index in [1.807, 2.05) is 6.08 Å². The van der Waals surface area contributed by atoms with Crippen molar-refractivity contribution in [3.8, 4) is 5.75 Å². The van der Waals surface area contributed by atoms with E-state index < -0.39 is 16.0 Å². The number of benzene rings is 2. The van der Waals surface area contributed by atoms with E-state index in [2.05, 4.69) is 20.2 Å². The Morgan fingerprint density at radius 2 is 2.03 bits per heavy atom. The van der Waals surface area contributed by atoms with Crippen molar-refractivity contribution in [2.45, 2.75) is 19.3 Å². The van der Waals surface area contributed by atoms with E-state index in [4.69, 9.17) is 27.0 Å². The van der Waals surface area contributed by atoms with Crippen LogP contribution in [0.2, 0.25) is 5.02 Å². The highest BCUT2D eigenvalue weighted by Crippen LogP contribution is 2.37. The van der Waals surface area contributed by atoms with Crippen LogP contribution in [0.5, 0.6) is 5.75 Å². The van der Waals surface area contributed by atoms with Gasteiger partial charge in [0.15, 0.2) is 5.82 Å². The molecule has 1 amide bonds. The van der Waals surface area contributed by atoms with E-state index in [1.54, 1.807) is 12.1 Å². The number of anilines is 3. The molecule has 1 unspecified atom stereocenters. The number of fused-ring (bicyclic) bond motifs is 1. The highest BCUT2D eigenvalue weighted by molar-refractivity contribution is 8.09. The van der Waals surface area contributed by atoms with E-state index >= 15 is 0 Å². The SMILES string of the molecule is COc1cc2ncnc(N(c3ccc(F)c(Cl)c3)S(=O)Cl)c2cc1NC(=O)/C=C/CN1CCCCC1. The monoisotopic (exact) mass is 551 g/mol. The first kappa shape index (κ1) is 26.3. The second-order valence-corrected chi connectivity index (χ2v) is 10.1. The molecule has 1 atom stereocenters. The third-order valence-corrected chi connectivity index (χ3v) is 7.12. The smallest absolute Gasteiger partial charge is 0.248 e. The number of nitrogens with one attached hydrogen (secondary N) is 1. The maximum Gasteiger partial charge on any atom is 0.248 e. The van der Waals surface area contributed by atoms with Crippen LogP contribution in [-0.4, -0.2) is 51.7 Å². The number of piperidine rings is 1. The van der Waals surface area contributed by atoms with Crippen molar-refractivity contribution in [1.82, 2.24) is 14.9 Å². The predicted octanol–water partition coefficient (Wildman–Crippen LogP) is 5.37. The van der Waals surface area contributed by atoms with Gasteiger partial charge in [0.05, 0.1) is 29.0 Å². The molecule has 2 heterocycles. The van der Waals surface area contributed by atoms with Crippen LogP contribution in [-0.2, 0) is 15.0 Å². The molecule has 1 aliphatic rings. The summed E-state index contributed by atoms with van der Waals surface area (Å²) in [5, 5.41) is 3.09. The fourth-order valence-electron chi connectivity index (χ4n) is 4.01. The van der Waals surface area contributed by atoms with Gasteiger partial charge in [0.1, 0.15) is 17.9 Å². The van der Waals surface area contributed by atoms with Crippen molar-refractivity contribution in [3.63, 3.8) is 0 Å². The van der Waals surface area contributed by atoms with Gasteiger partial charge >= 0.3 is 0 Å². The molecule has 0 radical (unpaired) electrons. The van der Waals surface area contributed by atoms with Crippen LogP contribution in [0.3, 0.4) is 0 Å². The molecule has 0 spiro atoms. The van der Waals surface area contributed by atoms with Gasteiger partial charge in [0.2, 0.25) is 16.1 Å². The summed E-state index contributed by atoms with van der Waals surface area (Å²) in [5.74, 6) is -0.398. The Bertz CT molecular complexity index is 1320. The Labute approximate surface area is 220 Å². The minimum absolute atomic E-state index is 0.163. The summed E-state index contributed by atoms with van der Waals surface area (Å²) >= 11 is 5.93. The van der Waals surface area contributed by atoms with Crippen molar-refractivity contribution in [2.24, 2.45) is 0 Å². The van der Waals surface area contributed by atoms with Crippen molar-refractivity contribution in [3.05, 3.63) is 59.7 Å². The van der Waals surface area contributed by atoms with Gasteiger partial charge in [-0.25, -0.2) is 22.9 Å². The Hall–Kier alpha value is -2.79. The maximum atomic E-state index is 13.7. The van der Waals surface area contributed by atoms with Gasteiger partial charge in [-0.2, -0.15) is 0 Å². The fraction of sp³-hybridized carbons (Fsp3) is 0.292. The molecule has 1 saturated heterocycles. The first-order valence-corrected chi connectivity index (χ1v) is 13.5. The Balaban J connectivity index is 1.66. The predicted molar refractivity (Wildman–Crippen MR) is 142 cm³/mol. The number of hydrogen-bond donors (Lipinski definition) is 1. The molecule has 1 N–H and O–H groups in total. The van der Waals surface area contributed by atoms with E-state index in [0.29, 0.717) is 28.9 Å². The molecule has 2 aromatic carbocycles. The molecule has 12 heteroatoms. The lowest BCUT2D eigenvalue weighted by Gasteiger charge is -2.24. The molecule has 0 bridgehead atoms. The van der Waals surface area contributed by atoms with Crippen LogP contribution in [0.15, 0.2) is 48.8 Å². The number of hydrogen-bond acceptors (Lipinski definition) is 6. The summed E-state index contributed by atoms with van der Waals surface area (Å²) in [6, 6.07) is 7.06. The van der Waals surface area contributed by atoms with Crippen molar-refractivity contribution >= 4 is 66.5 Å². The highest BCUT2D eigenvalue weighted by atomic mass is 35.7. The number of nitrogens with zero attached hydrogens (tertiary/aromatic N) is 4. The van der Waals surface area contributed by atoms with Crippen molar-refractivity contribution < 1.29 is 18.1 Å². The van der Waals surface area contributed by atoms with Crippen LogP contribution in [0.25, 0.3) is 10.9 Å². The lowest BCUT2D eigenvalue weighted by atomic mass is 10.1. The van der Waals surface area contributed by atoms with Crippen LogP contribution in [0.4, 0.5) is 21.6 Å². The number of likely N-dealkylation sites (tertiary alicyclic amines) is 1. The Morgan fingerprint density at radius 3 is 2.72 bits per heavy atom. The van der Waals surface area contributed by atoms with Crippen molar-refractivity contribution in [2.75, 3.05) is 36.4 Å². The second kappa shape index (κ2) is 12.0. The summed E-state index contributed by atoms with van der Waals surface area (Å²) in [7, 11) is 5.37. The fourth-order valence-corrected chi connectivity index (χ4v) is 5.18. The van der Waals surface area contributed by atoms with E-state index in [9.17, 15) is 13.4 Å². The molecule has 1 aromatic heterocycles. The van der Waals surface area contributed by atoms with Crippen LogP contribution >= 0.6 is 22.3 Å². The molecule has 1 aliphatic heterocycles.